The SMILES string of the molecule is O=C(NCCn1ccc2ncnc(Nc3ccc(Oc4ccc5ccsc5c4)c(Cl)c3)c21)[C@@H]1CCCN1. The first kappa shape index (κ1) is 23.7. The molecule has 0 saturated carbocycles. The van der Waals surface area contributed by atoms with Crippen LogP contribution in [0.2, 0.25) is 5.02 Å². The van der Waals surface area contributed by atoms with Crippen LogP contribution in [0.4, 0.5) is 11.5 Å². The van der Waals surface area contributed by atoms with E-state index >= 15 is 0 Å². The number of carbonyl (C=O) groups is 1. The monoisotopic (exact) mass is 532 g/mol. The molecule has 3 aromatic heterocycles. The van der Waals surface area contributed by atoms with Crippen molar-refractivity contribution in [1.29, 1.82) is 0 Å². The minimum atomic E-state index is -0.0859. The fourth-order valence-electron chi connectivity index (χ4n) is 4.57. The molecule has 37 heavy (non-hydrogen) atoms. The highest BCUT2D eigenvalue weighted by atomic mass is 35.5. The van der Waals surface area contributed by atoms with Crippen molar-refractivity contribution in [2.24, 2.45) is 0 Å². The van der Waals surface area contributed by atoms with Gasteiger partial charge in [-0.05, 0) is 78.7 Å². The third-order valence-electron chi connectivity index (χ3n) is 6.43. The van der Waals surface area contributed by atoms with Crippen molar-refractivity contribution in [2.75, 3.05) is 18.4 Å². The zero-order valence-corrected chi connectivity index (χ0v) is 21.5. The highest BCUT2D eigenvalue weighted by Crippen LogP contribution is 2.35. The van der Waals surface area contributed by atoms with Crippen LogP contribution in [0.3, 0.4) is 0 Å². The highest BCUT2D eigenvalue weighted by molar-refractivity contribution is 7.17. The lowest BCUT2D eigenvalue weighted by atomic mass is 10.2. The molecule has 0 spiro atoms. The first-order chi connectivity index (χ1) is 18.1. The van der Waals surface area contributed by atoms with Crippen LogP contribution in [0.5, 0.6) is 11.5 Å². The fraction of sp³-hybridized carbons (Fsp3) is 0.222. The Morgan fingerprint density at radius 1 is 1.19 bits per heavy atom. The number of benzene rings is 2. The lowest BCUT2D eigenvalue weighted by molar-refractivity contribution is -0.122. The van der Waals surface area contributed by atoms with Crippen molar-refractivity contribution < 1.29 is 9.53 Å². The van der Waals surface area contributed by atoms with Crippen LogP contribution < -0.4 is 20.7 Å². The highest BCUT2D eigenvalue weighted by Gasteiger charge is 2.21. The molecule has 5 aromatic rings. The molecular formula is C27H25ClN6O2S. The normalized spacial score (nSPS) is 15.3. The Hall–Kier alpha value is -3.66. The van der Waals surface area contributed by atoms with E-state index in [2.05, 4.69) is 37.4 Å². The molecule has 1 atom stereocenters. The van der Waals surface area contributed by atoms with Crippen LogP contribution in [0, 0.1) is 0 Å². The maximum atomic E-state index is 12.3. The molecule has 1 amide bonds. The minimum Gasteiger partial charge on any atom is -0.456 e. The van der Waals surface area contributed by atoms with Gasteiger partial charge in [-0.25, -0.2) is 9.97 Å². The second-order valence-corrected chi connectivity index (χ2v) is 10.3. The number of ether oxygens (including phenoxy) is 1. The molecule has 2 aromatic carbocycles. The van der Waals surface area contributed by atoms with E-state index in [4.69, 9.17) is 16.3 Å². The maximum absolute atomic E-state index is 12.3. The maximum Gasteiger partial charge on any atom is 0.237 e. The van der Waals surface area contributed by atoms with Gasteiger partial charge in [0.2, 0.25) is 5.91 Å². The molecule has 1 aliphatic rings. The summed E-state index contributed by atoms with van der Waals surface area (Å²) in [5, 5.41) is 13.4. The number of carbonyl (C=O) groups excluding carboxylic acids is 1. The lowest BCUT2D eigenvalue weighted by Gasteiger charge is -2.14. The average Bonchev–Trinajstić information content (AvgIpc) is 3.67. The summed E-state index contributed by atoms with van der Waals surface area (Å²) in [4.78, 5) is 21.2. The van der Waals surface area contributed by atoms with Crippen molar-refractivity contribution in [2.45, 2.75) is 25.4 Å². The molecule has 3 N–H and O–H groups in total. The molecule has 0 aliphatic carbocycles. The smallest absolute Gasteiger partial charge is 0.237 e. The van der Waals surface area contributed by atoms with Gasteiger partial charge in [-0.2, -0.15) is 0 Å². The molecule has 188 valence electrons. The van der Waals surface area contributed by atoms with Gasteiger partial charge in [0, 0.05) is 29.7 Å². The number of rotatable bonds is 8. The van der Waals surface area contributed by atoms with Crippen LogP contribution in [0.1, 0.15) is 12.8 Å². The molecule has 1 fully saturated rings. The number of amides is 1. The van der Waals surface area contributed by atoms with E-state index < -0.39 is 0 Å². The lowest BCUT2D eigenvalue weighted by Crippen LogP contribution is -2.41. The molecule has 0 radical (unpaired) electrons. The van der Waals surface area contributed by atoms with Gasteiger partial charge in [-0.15, -0.1) is 11.3 Å². The Bertz CT molecular complexity index is 1580. The predicted octanol–water partition coefficient (Wildman–Crippen LogP) is 5.70. The Morgan fingerprint density at radius 2 is 2.14 bits per heavy atom. The molecular weight excluding hydrogens is 508 g/mol. The number of anilines is 2. The summed E-state index contributed by atoms with van der Waals surface area (Å²) in [6, 6.07) is 15.5. The predicted molar refractivity (Wildman–Crippen MR) is 148 cm³/mol. The van der Waals surface area contributed by atoms with E-state index in [9.17, 15) is 4.79 Å². The topological polar surface area (TPSA) is 93.1 Å². The summed E-state index contributed by atoms with van der Waals surface area (Å²) in [6.07, 6.45) is 5.41. The van der Waals surface area contributed by atoms with Crippen LogP contribution >= 0.6 is 22.9 Å². The zero-order chi connectivity index (χ0) is 25.2. The third kappa shape index (κ3) is 5.11. The Balaban J connectivity index is 1.16. The molecule has 0 bridgehead atoms. The van der Waals surface area contributed by atoms with Crippen molar-refractivity contribution in [1.82, 2.24) is 25.2 Å². The van der Waals surface area contributed by atoms with Gasteiger partial charge in [-0.3, -0.25) is 4.79 Å². The van der Waals surface area contributed by atoms with Gasteiger partial charge in [0.25, 0.3) is 0 Å². The second kappa shape index (κ2) is 10.4. The summed E-state index contributed by atoms with van der Waals surface area (Å²) < 4.78 is 9.25. The number of nitrogens with zero attached hydrogens (tertiary/aromatic N) is 3. The van der Waals surface area contributed by atoms with E-state index in [1.165, 1.54) is 11.7 Å². The van der Waals surface area contributed by atoms with Gasteiger partial charge in [0.05, 0.1) is 16.6 Å². The van der Waals surface area contributed by atoms with Crippen molar-refractivity contribution in [3.63, 3.8) is 0 Å². The number of hydrogen-bond donors (Lipinski definition) is 3. The van der Waals surface area contributed by atoms with Crippen LogP contribution in [0.15, 0.2) is 66.4 Å². The van der Waals surface area contributed by atoms with Crippen molar-refractivity contribution in [3.05, 3.63) is 71.5 Å². The van der Waals surface area contributed by atoms with Crippen LogP contribution in [-0.2, 0) is 11.3 Å². The number of hydrogen-bond acceptors (Lipinski definition) is 7. The molecule has 4 heterocycles. The number of thiophene rings is 1. The summed E-state index contributed by atoms with van der Waals surface area (Å²) >= 11 is 8.25. The standard InChI is InChI=1S/C27H25ClN6O2S/c28-20-14-18(4-6-23(20)36-19-5-3-17-8-13-37-24(17)15-19)33-26-25-21(31-16-32-26)7-11-34(25)12-10-30-27(35)22-2-1-9-29-22/h3-8,11,13-16,22,29H,1-2,9-10,12H2,(H,30,35)(H,31,32,33)/t22-/m0/s1. The summed E-state index contributed by atoms with van der Waals surface area (Å²) in [5.41, 5.74) is 2.45. The third-order valence-corrected chi connectivity index (χ3v) is 7.60. The van der Waals surface area contributed by atoms with Crippen LogP contribution in [0.25, 0.3) is 21.1 Å². The van der Waals surface area contributed by atoms with Crippen LogP contribution in [-0.4, -0.2) is 39.6 Å². The Morgan fingerprint density at radius 3 is 3.00 bits per heavy atom. The van der Waals surface area contributed by atoms with E-state index in [1.807, 2.05) is 53.2 Å². The average molecular weight is 533 g/mol. The van der Waals surface area contributed by atoms with Crippen molar-refractivity contribution in [3.8, 4) is 11.5 Å². The summed E-state index contributed by atoms with van der Waals surface area (Å²) in [7, 11) is 0. The Kier molecular flexibility index (Phi) is 6.65. The van der Waals surface area contributed by atoms with Gasteiger partial charge >= 0.3 is 0 Å². The summed E-state index contributed by atoms with van der Waals surface area (Å²) in [6.45, 7) is 2.02. The number of halogens is 1. The van der Waals surface area contributed by atoms with E-state index in [-0.39, 0.29) is 11.9 Å². The van der Waals surface area contributed by atoms with Gasteiger partial charge in [0.1, 0.15) is 23.3 Å². The number of fused-ring (bicyclic) bond motifs is 2. The molecule has 8 nitrogen and oxygen atoms in total. The van der Waals surface area contributed by atoms with E-state index in [0.717, 1.165) is 46.6 Å². The Labute approximate surface area is 222 Å². The molecule has 6 rings (SSSR count). The number of aromatic nitrogens is 3. The van der Waals surface area contributed by atoms with E-state index in [0.29, 0.717) is 29.7 Å². The van der Waals surface area contributed by atoms with Gasteiger partial charge < -0.3 is 25.3 Å². The quantitative estimate of drug-likeness (QED) is 0.237. The molecule has 10 heteroatoms. The first-order valence-electron chi connectivity index (χ1n) is 12.2. The van der Waals surface area contributed by atoms with Crippen molar-refractivity contribution >= 4 is 61.5 Å². The largest absolute Gasteiger partial charge is 0.456 e. The molecule has 1 aliphatic heterocycles. The van der Waals surface area contributed by atoms with Gasteiger partial charge in [0.15, 0.2) is 5.82 Å². The molecule has 0 unspecified atom stereocenters. The second-order valence-electron chi connectivity index (χ2n) is 8.90. The number of nitrogens with one attached hydrogen (secondary N) is 3. The summed E-state index contributed by atoms with van der Waals surface area (Å²) in [5.74, 6) is 2.03. The molecule has 1 saturated heterocycles. The van der Waals surface area contributed by atoms with Gasteiger partial charge in [-0.1, -0.05) is 11.6 Å². The van der Waals surface area contributed by atoms with E-state index in [1.54, 1.807) is 11.3 Å². The fourth-order valence-corrected chi connectivity index (χ4v) is 5.60. The first-order valence-corrected chi connectivity index (χ1v) is 13.4. The minimum absolute atomic E-state index is 0.0517. The zero-order valence-electron chi connectivity index (χ0n) is 19.9.